The Labute approximate surface area is 103 Å². The van der Waals surface area contributed by atoms with Gasteiger partial charge in [-0.1, -0.05) is 35.3 Å². The van der Waals surface area contributed by atoms with Gasteiger partial charge in [-0.25, -0.2) is 0 Å². The smallest absolute Gasteiger partial charge is 0.316 e. The highest BCUT2D eigenvalue weighted by Crippen LogP contribution is 2.29. The molecule has 5 heteroatoms. The SMILES string of the molecule is CC(SCc1cccc(Cl)c1Cl)C(=O)O. The van der Waals surface area contributed by atoms with E-state index >= 15 is 0 Å². The van der Waals surface area contributed by atoms with Crippen molar-refractivity contribution >= 4 is 40.9 Å². The molecule has 0 aliphatic heterocycles. The van der Waals surface area contributed by atoms with Crippen LogP contribution in [0.1, 0.15) is 12.5 Å². The van der Waals surface area contributed by atoms with E-state index in [9.17, 15) is 4.79 Å². The zero-order chi connectivity index (χ0) is 11.4. The third-order valence-electron chi connectivity index (χ3n) is 1.87. The van der Waals surface area contributed by atoms with Crippen LogP contribution in [0.3, 0.4) is 0 Å². The second kappa shape index (κ2) is 5.64. The molecule has 1 atom stereocenters. The van der Waals surface area contributed by atoms with E-state index in [-0.39, 0.29) is 0 Å². The van der Waals surface area contributed by atoms with Crippen LogP contribution < -0.4 is 0 Å². The van der Waals surface area contributed by atoms with E-state index in [1.165, 1.54) is 11.8 Å². The molecule has 1 rings (SSSR count). The van der Waals surface area contributed by atoms with Crippen LogP contribution in [0.15, 0.2) is 18.2 Å². The summed E-state index contributed by atoms with van der Waals surface area (Å²) in [5.41, 5.74) is 0.863. The third kappa shape index (κ3) is 3.59. The summed E-state index contributed by atoms with van der Waals surface area (Å²) >= 11 is 13.1. The van der Waals surface area contributed by atoms with Crippen LogP contribution in [0.5, 0.6) is 0 Å². The van der Waals surface area contributed by atoms with E-state index in [1.54, 1.807) is 19.1 Å². The molecule has 1 N–H and O–H groups in total. The maximum atomic E-state index is 10.6. The van der Waals surface area contributed by atoms with Gasteiger partial charge in [0.05, 0.1) is 15.3 Å². The standard InChI is InChI=1S/C10H10Cl2O2S/c1-6(10(13)14)15-5-7-3-2-4-8(11)9(7)12/h2-4,6H,5H2,1H3,(H,13,14). The van der Waals surface area contributed by atoms with Crippen molar-refractivity contribution in [1.29, 1.82) is 0 Å². The van der Waals surface area contributed by atoms with E-state index in [2.05, 4.69) is 0 Å². The predicted molar refractivity (Wildman–Crippen MR) is 64.9 cm³/mol. The highest BCUT2D eigenvalue weighted by atomic mass is 35.5. The van der Waals surface area contributed by atoms with Crippen molar-refractivity contribution in [1.82, 2.24) is 0 Å². The second-order valence-corrected chi connectivity index (χ2v) is 5.12. The summed E-state index contributed by atoms with van der Waals surface area (Å²) in [5.74, 6) is -0.273. The van der Waals surface area contributed by atoms with Gasteiger partial charge in [-0.2, -0.15) is 0 Å². The number of rotatable bonds is 4. The van der Waals surface area contributed by atoms with E-state index in [4.69, 9.17) is 28.3 Å². The lowest BCUT2D eigenvalue weighted by atomic mass is 10.2. The average molecular weight is 265 g/mol. The van der Waals surface area contributed by atoms with E-state index < -0.39 is 11.2 Å². The van der Waals surface area contributed by atoms with Crippen LogP contribution >= 0.6 is 35.0 Å². The Morgan fingerprint density at radius 1 is 1.53 bits per heavy atom. The fourth-order valence-electron chi connectivity index (χ4n) is 0.946. The number of benzene rings is 1. The Morgan fingerprint density at radius 2 is 2.20 bits per heavy atom. The van der Waals surface area contributed by atoms with Crippen molar-refractivity contribution in [3.05, 3.63) is 33.8 Å². The highest BCUT2D eigenvalue weighted by molar-refractivity contribution is 7.99. The summed E-state index contributed by atoms with van der Waals surface area (Å²) in [6, 6.07) is 5.35. The Bertz CT molecular complexity index is 368. The summed E-state index contributed by atoms with van der Waals surface area (Å²) in [5, 5.41) is 9.26. The number of carboxylic acids is 1. The van der Waals surface area contributed by atoms with Gasteiger partial charge in [-0.15, -0.1) is 11.8 Å². The Balaban J connectivity index is 2.66. The van der Waals surface area contributed by atoms with Crippen LogP contribution in [0.25, 0.3) is 0 Å². The molecule has 2 nitrogen and oxygen atoms in total. The third-order valence-corrected chi connectivity index (χ3v) is 3.91. The van der Waals surface area contributed by atoms with E-state index in [0.29, 0.717) is 15.8 Å². The van der Waals surface area contributed by atoms with Gasteiger partial charge < -0.3 is 5.11 Å². The average Bonchev–Trinajstić information content (AvgIpc) is 2.19. The maximum Gasteiger partial charge on any atom is 0.316 e. The van der Waals surface area contributed by atoms with Gasteiger partial charge >= 0.3 is 5.97 Å². The highest BCUT2D eigenvalue weighted by Gasteiger charge is 2.12. The van der Waals surface area contributed by atoms with Crippen molar-refractivity contribution in [2.45, 2.75) is 17.9 Å². The van der Waals surface area contributed by atoms with E-state index in [0.717, 1.165) is 5.56 Å². The largest absolute Gasteiger partial charge is 0.480 e. The fourth-order valence-corrected chi connectivity index (χ4v) is 2.22. The predicted octanol–water partition coefficient (Wildman–Crippen LogP) is 3.70. The van der Waals surface area contributed by atoms with Crippen LogP contribution in [0.4, 0.5) is 0 Å². The molecule has 0 saturated carbocycles. The molecule has 1 unspecified atom stereocenters. The van der Waals surface area contributed by atoms with Crippen molar-refractivity contribution in [2.75, 3.05) is 0 Å². The number of thioether (sulfide) groups is 1. The molecule has 0 aliphatic carbocycles. The lowest BCUT2D eigenvalue weighted by molar-refractivity contribution is -0.136. The van der Waals surface area contributed by atoms with E-state index in [1.807, 2.05) is 6.07 Å². The zero-order valence-electron chi connectivity index (χ0n) is 8.04. The quantitative estimate of drug-likeness (QED) is 0.901. The molecule has 0 amide bonds. The minimum atomic E-state index is -0.821. The first kappa shape index (κ1) is 12.7. The second-order valence-electron chi connectivity index (χ2n) is 3.00. The van der Waals surface area contributed by atoms with Crippen molar-refractivity contribution in [2.24, 2.45) is 0 Å². The lowest BCUT2D eigenvalue weighted by Gasteiger charge is -2.08. The first-order valence-electron chi connectivity index (χ1n) is 4.29. The monoisotopic (exact) mass is 264 g/mol. The van der Waals surface area contributed by atoms with Crippen LogP contribution in [0.2, 0.25) is 10.0 Å². The first-order chi connectivity index (χ1) is 7.02. The molecule has 0 spiro atoms. The molecule has 0 aliphatic rings. The normalized spacial score (nSPS) is 12.5. The molecule has 0 aromatic heterocycles. The van der Waals surface area contributed by atoms with Gasteiger partial charge in [-0.05, 0) is 18.6 Å². The zero-order valence-corrected chi connectivity index (χ0v) is 10.4. The van der Waals surface area contributed by atoms with Crippen LogP contribution in [-0.2, 0) is 10.5 Å². The first-order valence-corrected chi connectivity index (χ1v) is 6.10. The molecule has 82 valence electrons. The van der Waals surface area contributed by atoms with Crippen LogP contribution in [-0.4, -0.2) is 16.3 Å². The Hall–Kier alpha value is -0.380. The lowest BCUT2D eigenvalue weighted by Crippen LogP contribution is -2.11. The van der Waals surface area contributed by atoms with Gasteiger partial charge in [0.15, 0.2) is 0 Å². The number of hydrogen-bond donors (Lipinski definition) is 1. The molecule has 1 aromatic rings. The Morgan fingerprint density at radius 3 is 2.80 bits per heavy atom. The van der Waals surface area contributed by atoms with Gasteiger partial charge in [0.25, 0.3) is 0 Å². The number of halogens is 2. The summed E-state index contributed by atoms with van der Waals surface area (Å²) in [6.45, 7) is 1.64. The Kier molecular flexibility index (Phi) is 4.77. The van der Waals surface area contributed by atoms with Crippen molar-refractivity contribution in [3.8, 4) is 0 Å². The molecule has 0 saturated heterocycles. The van der Waals surface area contributed by atoms with Gasteiger partial charge in [-0.3, -0.25) is 4.79 Å². The topological polar surface area (TPSA) is 37.3 Å². The van der Waals surface area contributed by atoms with Gasteiger partial charge in [0.1, 0.15) is 0 Å². The fraction of sp³-hybridized carbons (Fsp3) is 0.300. The summed E-state index contributed by atoms with van der Waals surface area (Å²) in [4.78, 5) is 10.6. The molecule has 0 bridgehead atoms. The minimum absolute atomic E-state index is 0.444. The number of aliphatic carboxylic acids is 1. The summed E-state index contributed by atoms with van der Waals surface area (Å²) in [7, 11) is 0. The number of hydrogen-bond acceptors (Lipinski definition) is 2. The number of carbonyl (C=O) groups is 1. The number of carboxylic acid groups (broad SMARTS) is 1. The molecule has 0 radical (unpaired) electrons. The van der Waals surface area contributed by atoms with Gasteiger partial charge in [0.2, 0.25) is 0 Å². The molecular weight excluding hydrogens is 255 g/mol. The molecule has 0 heterocycles. The molecule has 1 aromatic carbocycles. The summed E-state index contributed by atoms with van der Waals surface area (Å²) in [6.07, 6.45) is 0. The minimum Gasteiger partial charge on any atom is -0.480 e. The molecule has 15 heavy (non-hydrogen) atoms. The van der Waals surface area contributed by atoms with Gasteiger partial charge in [0, 0.05) is 5.75 Å². The molecule has 0 fully saturated rings. The molecular formula is C10H10Cl2O2S. The maximum absolute atomic E-state index is 10.6. The van der Waals surface area contributed by atoms with Crippen molar-refractivity contribution in [3.63, 3.8) is 0 Å². The van der Waals surface area contributed by atoms with Crippen molar-refractivity contribution < 1.29 is 9.90 Å². The summed E-state index contributed by atoms with van der Waals surface area (Å²) < 4.78 is 0. The van der Waals surface area contributed by atoms with Crippen LogP contribution in [0, 0.1) is 0 Å².